The van der Waals surface area contributed by atoms with Crippen molar-refractivity contribution in [1.29, 1.82) is 0 Å². The van der Waals surface area contributed by atoms with Crippen LogP contribution in [-0.2, 0) is 5.41 Å². The third-order valence-corrected chi connectivity index (χ3v) is 3.29. The van der Waals surface area contributed by atoms with Crippen LogP contribution in [0.25, 0.3) is 0 Å². The van der Waals surface area contributed by atoms with Gasteiger partial charge < -0.3 is 10.6 Å². The Balaban J connectivity index is 2.65. The predicted molar refractivity (Wildman–Crippen MR) is 87.5 cm³/mol. The average Bonchev–Trinajstić information content (AvgIpc) is 2.35. The number of benzene rings is 1. The second kappa shape index (κ2) is 6.71. The molecule has 2 N–H and O–H groups in total. The predicted octanol–water partition coefficient (Wildman–Crippen LogP) is 3.70. The van der Waals surface area contributed by atoms with Gasteiger partial charge in [-0.25, -0.2) is 0 Å². The molecule has 0 fully saturated rings. The Morgan fingerprint density at radius 3 is 2.37 bits per heavy atom. The minimum atomic E-state index is 0.190. The molecule has 0 aliphatic carbocycles. The van der Waals surface area contributed by atoms with E-state index in [0.29, 0.717) is 11.7 Å². The molecule has 0 saturated carbocycles. The fourth-order valence-electron chi connectivity index (χ4n) is 1.77. The number of nitrogens with one attached hydrogen (secondary N) is 2. The van der Waals surface area contributed by atoms with Gasteiger partial charge in [-0.1, -0.05) is 51.1 Å². The lowest BCUT2D eigenvalue weighted by molar-refractivity contribution is 0.589. The monoisotopic (exact) mass is 276 g/mol. The molecule has 0 amide bonds. The molecule has 19 heavy (non-hydrogen) atoms. The van der Waals surface area contributed by atoms with Crippen LogP contribution in [0.2, 0.25) is 0 Å². The summed E-state index contributed by atoms with van der Waals surface area (Å²) >= 11 is 5.21. The number of hydrogen-bond acceptors (Lipinski definition) is 1. The summed E-state index contributed by atoms with van der Waals surface area (Å²) in [5.74, 6) is 0. The summed E-state index contributed by atoms with van der Waals surface area (Å²) in [6.07, 6.45) is 1.79. The van der Waals surface area contributed by atoms with Crippen molar-refractivity contribution in [2.45, 2.75) is 39.2 Å². The van der Waals surface area contributed by atoms with Crippen molar-refractivity contribution >= 4 is 17.3 Å². The Morgan fingerprint density at radius 1 is 1.32 bits per heavy atom. The van der Waals surface area contributed by atoms with Crippen molar-refractivity contribution in [1.82, 2.24) is 10.6 Å². The lowest BCUT2D eigenvalue weighted by Gasteiger charge is -2.21. The third kappa shape index (κ3) is 5.03. The van der Waals surface area contributed by atoms with Gasteiger partial charge >= 0.3 is 0 Å². The second-order valence-electron chi connectivity index (χ2n) is 5.74. The number of rotatable bonds is 4. The van der Waals surface area contributed by atoms with Crippen molar-refractivity contribution < 1.29 is 0 Å². The van der Waals surface area contributed by atoms with Crippen LogP contribution in [0.15, 0.2) is 36.9 Å². The van der Waals surface area contributed by atoms with Gasteiger partial charge in [-0.3, -0.25) is 0 Å². The first-order valence-electron chi connectivity index (χ1n) is 6.60. The lowest BCUT2D eigenvalue weighted by Crippen LogP contribution is -2.36. The molecule has 0 bridgehead atoms. The van der Waals surface area contributed by atoms with Crippen molar-refractivity contribution in [3.8, 4) is 0 Å². The molecule has 1 unspecified atom stereocenters. The summed E-state index contributed by atoms with van der Waals surface area (Å²) < 4.78 is 0. The van der Waals surface area contributed by atoms with Crippen molar-refractivity contribution in [3.63, 3.8) is 0 Å². The second-order valence-corrected chi connectivity index (χ2v) is 6.14. The van der Waals surface area contributed by atoms with E-state index in [1.54, 1.807) is 6.08 Å². The Labute approximate surface area is 122 Å². The van der Waals surface area contributed by atoms with E-state index >= 15 is 0 Å². The number of thiocarbonyl (C=S) groups is 1. The molecule has 104 valence electrons. The molecule has 3 heteroatoms. The van der Waals surface area contributed by atoms with Crippen LogP contribution in [0.4, 0.5) is 0 Å². The van der Waals surface area contributed by atoms with Gasteiger partial charge in [-0.05, 0) is 35.7 Å². The molecular formula is C16H24N2S. The highest BCUT2D eigenvalue weighted by atomic mass is 32.1. The van der Waals surface area contributed by atoms with Gasteiger partial charge in [0.1, 0.15) is 0 Å². The molecular weight excluding hydrogens is 252 g/mol. The van der Waals surface area contributed by atoms with E-state index in [-0.39, 0.29) is 11.5 Å². The van der Waals surface area contributed by atoms with Crippen LogP contribution < -0.4 is 10.6 Å². The SMILES string of the molecule is C=CCNC(=S)NC(C)c1ccc(C(C)(C)C)cc1. The van der Waals surface area contributed by atoms with Gasteiger partial charge in [0, 0.05) is 6.54 Å². The summed E-state index contributed by atoms with van der Waals surface area (Å²) in [4.78, 5) is 0. The van der Waals surface area contributed by atoms with Crippen LogP contribution in [0.1, 0.15) is 44.9 Å². The van der Waals surface area contributed by atoms with Gasteiger partial charge in [0.25, 0.3) is 0 Å². The zero-order valence-electron chi connectivity index (χ0n) is 12.3. The average molecular weight is 276 g/mol. The summed E-state index contributed by atoms with van der Waals surface area (Å²) in [6, 6.07) is 8.89. The normalized spacial score (nSPS) is 12.6. The van der Waals surface area contributed by atoms with E-state index in [9.17, 15) is 0 Å². The lowest BCUT2D eigenvalue weighted by atomic mass is 9.86. The molecule has 2 nitrogen and oxygen atoms in total. The van der Waals surface area contributed by atoms with Gasteiger partial charge in [0.2, 0.25) is 0 Å². The molecule has 0 heterocycles. The van der Waals surface area contributed by atoms with Crippen molar-refractivity contribution in [2.75, 3.05) is 6.54 Å². The Bertz CT molecular complexity index is 429. The van der Waals surface area contributed by atoms with Crippen LogP contribution >= 0.6 is 12.2 Å². The van der Waals surface area contributed by atoms with Gasteiger partial charge in [-0.2, -0.15) is 0 Å². The van der Waals surface area contributed by atoms with E-state index < -0.39 is 0 Å². The largest absolute Gasteiger partial charge is 0.359 e. The van der Waals surface area contributed by atoms with Gasteiger partial charge in [0.15, 0.2) is 5.11 Å². The third-order valence-electron chi connectivity index (χ3n) is 3.03. The van der Waals surface area contributed by atoms with E-state index in [1.165, 1.54) is 11.1 Å². The molecule has 1 atom stereocenters. The zero-order chi connectivity index (χ0) is 14.5. The Kier molecular flexibility index (Phi) is 5.55. The maximum atomic E-state index is 5.21. The van der Waals surface area contributed by atoms with Crippen LogP contribution in [0.3, 0.4) is 0 Å². The molecule has 0 saturated heterocycles. The fraction of sp³-hybridized carbons (Fsp3) is 0.438. The highest BCUT2D eigenvalue weighted by Gasteiger charge is 2.14. The van der Waals surface area contributed by atoms with Crippen LogP contribution in [0.5, 0.6) is 0 Å². The first-order chi connectivity index (χ1) is 8.84. The molecule has 0 aliphatic rings. The van der Waals surface area contributed by atoms with Crippen molar-refractivity contribution in [2.24, 2.45) is 0 Å². The zero-order valence-corrected chi connectivity index (χ0v) is 13.1. The van der Waals surface area contributed by atoms with Gasteiger partial charge in [-0.15, -0.1) is 6.58 Å². The standard InChI is InChI=1S/C16H24N2S/c1-6-11-17-15(19)18-12(2)13-7-9-14(10-8-13)16(3,4)5/h6-10,12H,1,11H2,2-5H3,(H2,17,18,19). The molecule has 0 radical (unpaired) electrons. The van der Waals surface area contributed by atoms with Gasteiger partial charge in [0.05, 0.1) is 6.04 Å². The summed E-state index contributed by atoms with van der Waals surface area (Å²) in [5.41, 5.74) is 2.77. The fourth-order valence-corrected chi connectivity index (χ4v) is 2.03. The van der Waals surface area contributed by atoms with E-state index in [0.717, 1.165) is 0 Å². The molecule has 0 aliphatic heterocycles. The molecule has 1 aromatic rings. The minimum absolute atomic E-state index is 0.190. The minimum Gasteiger partial charge on any atom is -0.359 e. The molecule has 0 spiro atoms. The first kappa shape index (κ1) is 15.7. The van der Waals surface area contributed by atoms with Crippen molar-refractivity contribution in [3.05, 3.63) is 48.0 Å². The molecule has 1 aromatic carbocycles. The quantitative estimate of drug-likeness (QED) is 0.648. The van der Waals surface area contributed by atoms with E-state index in [2.05, 4.69) is 69.2 Å². The summed E-state index contributed by atoms with van der Waals surface area (Å²) in [6.45, 7) is 13.1. The smallest absolute Gasteiger partial charge is 0.167 e. The van der Waals surface area contributed by atoms with E-state index in [4.69, 9.17) is 12.2 Å². The Hall–Kier alpha value is -1.35. The topological polar surface area (TPSA) is 24.1 Å². The number of hydrogen-bond donors (Lipinski definition) is 2. The van der Waals surface area contributed by atoms with E-state index in [1.807, 2.05) is 0 Å². The Morgan fingerprint density at radius 2 is 1.89 bits per heavy atom. The van der Waals surface area contributed by atoms with Crippen LogP contribution in [-0.4, -0.2) is 11.7 Å². The summed E-state index contributed by atoms with van der Waals surface area (Å²) in [5, 5.41) is 6.99. The summed E-state index contributed by atoms with van der Waals surface area (Å²) in [7, 11) is 0. The molecule has 1 rings (SSSR count). The highest BCUT2D eigenvalue weighted by Crippen LogP contribution is 2.23. The molecule has 0 aromatic heterocycles. The first-order valence-corrected chi connectivity index (χ1v) is 7.01. The maximum Gasteiger partial charge on any atom is 0.167 e. The van der Waals surface area contributed by atoms with Crippen LogP contribution in [0, 0.1) is 0 Å². The maximum absolute atomic E-state index is 5.21. The highest BCUT2D eigenvalue weighted by molar-refractivity contribution is 7.80.